The van der Waals surface area contributed by atoms with Crippen LogP contribution >= 0.6 is 23.1 Å². The number of carboxylic acid groups (broad SMARTS) is 1. The Morgan fingerprint density at radius 2 is 1.57 bits per heavy atom. The molecule has 0 bridgehead atoms. The summed E-state index contributed by atoms with van der Waals surface area (Å²) in [4.78, 5) is 43.8. The Morgan fingerprint density at radius 3 is 2.29 bits per heavy atom. The molecule has 5 aromatic carbocycles. The summed E-state index contributed by atoms with van der Waals surface area (Å²) in [5.41, 5.74) is 4.37. The van der Waals surface area contributed by atoms with Crippen LogP contribution in [0, 0.1) is 11.3 Å². The van der Waals surface area contributed by atoms with Crippen molar-refractivity contribution in [3.8, 4) is 6.07 Å². The van der Waals surface area contributed by atoms with Crippen molar-refractivity contribution in [3.05, 3.63) is 160 Å². The number of nitrogens with one attached hydrogen (secondary N) is 2. The summed E-state index contributed by atoms with van der Waals surface area (Å²) in [6, 6.07) is 39.4. The van der Waals surface area contributed by atoms with E-state index in [1.807, 2.05) is 54.6 Å². The smallest absolute Gasteiger partial charge is 0.336 e. The Balaban J connectivity index is 1.11. The van der Waals surface area contributed by atoms with Crippen LogP contribution in [0.2, 0.25) is 0 Å². The van der Waals surface area contributed by atoms with Crippen LogP contribution in [0.5, 0.6) is 0 Å². The van der Waals surface area contributed by atoms with Crippen LogP contribution in [-0.2, 0) is 24.3 Å². The van der Waals surface area contributed by atoms with E-state index in [1.54, 1.807) is 48.5 Å². The molecule has 51 heavy (non-hydrogen) atoms. The summed E-state index contributed by atoms with van der Waals surface area (Å²) in [5.74, 6) is -1.81. The van der Waals surface area contributed by atoms with E-state index in [9.17, 15) is 24.8 Å². The molecule has 0 spiro atoms. The number of benzene rings is 5. The van der Waals surface area contributed by atoms with Gasteiger partial charge in [0.05, 0.1) is 11.1 Å². The van der Waals surface area contributed by atoms with Gasteiger partial charge in [-0.1, -0.05) is 91.0 Å². The first kappa shape index (κ1) is 33.8. The number of nitriles is 1. The van der Waals surface area contributed by atoms with Crippen LogP contribution in [0.1, 0.15) is 53.1 Å². The Labute approximate surface area is 303 Å². The molecule has 0 fully saturated rings. The third kappa shape index (κ3) is 7.42. The molecular formula is C41H32N4O4S2. The molecule has 1 atom stereocenters. The van der Waals surface area contributed by atoms with E-state index in [-0.39, 0.29) is 17.0 Å². The van der Waals surface area contributed by atoms with E-state index in [0.29, 0.717) is 33.6 Å². The minimum absolute atomic E-state index is 0.0509. The third-order valence-electron chi connectivity index (χ3n) is 8.80. The van der Waals surface area contributed by atoms with Gasteiger partial charge in [-0.2, -0.15) is 5.26 Å². The number of carbonyl (C=O) groups excluding carboxylic acids is 2. The molecule has 3 N–H and O–H groups in total. The topological polar surface area (TPSA) is 123 Å². The lowest BCUT2D eigenvalue weighted by Gasteiger charge is -2.26. The van der Waals surface area contributed by atoms with Gasteiger partial charge in [0.15, 0.2) is 0 Å². The number of thiophene rings is 1. The van der Waals surface area contributed by atoms with Crippen LogP contribution in [0.25, 0.3) is 10.8 Å². The molecule has 10 heteroatoms. The Kier molecular flexibility index (Phi) is 9.94. The van der Waals surface area contributed by atoms with Crippen molar-refractivity contribution < 1.29 is 19.5 Å². The van der Waals surface area contributed by atoms with Crippen LogP contribution in [0.4, 0.5) is 10.7 Å². The second kappa shape index (κ2) is 15.0. The minimum atomic E-state index is -1.11. The van der Waals surface area contributed by atoms with Crippen LogP contribution in [0.3, 0.4) is 0 Å². The second-order valence-electron chi connectivity index (χ2n) is 12.2. The predicted molar refractivity (Wildman–Crippen MR) is 202 cm³/mol. The quantitative estimate of drug-likeness (QED) is 0.122. The van der Waals surface area contributed by atoms with Crippen LogP contribution in [0.15, 0.2) is 126 Å². The SMILES string of the molecule is N#Cc1c(NC(=O)C(Sc2cccc(NC(=O)c3cccc4cccc(C(=O)O)c34)c2)c2ccccc2)sc2c1CCN(Cc1ccccc1)C2. The second-order valence-corrected chi connectivity index (χ2v) is 14.4. The van der Waals surface area contributed by atoms with Gasteiger partial charge in [-0.15, -0.1) is 23.1 Å². The molecule has 0 radical (unpaired) electrons. The number of amides is 2. The van der Waals surface area contributed by atoms with Gasteiger partial charge in [-0.25, -0.2) is 4.79 Å². The van der Waals surface area contributed by atoms with Gasteiger partial charge >= 0.3 is 5.97 Å². The number of thioether (sulfide) groups is 1. The molecule has 6 aromatic rings. The fourth-order valence-corrected chi connectivity index (χ4v) is 8.73. The average molecular weight is 709 g/mol. The monoisotopic (exact) mass is 708 g/mol. The Hall–Kier alpha value is -5.73. The molecule has 8 nitrogen and oxygen atoms in total. The summed E-state index contributed by atoms with van der Waals surface area (Å²) in [7, 11) is 0. The summed E-state index contributed by atoms with van der Waals surface area (Å²) in [6.07, 6.45) is 0.739. The minimum Gasteiger partial charge on any atom is -0.478 e. The van der Waals surface area contributed by atoms with Gasteiger partial charge in [0.1, 0.15) is 16.3 Å². The highest BCUT2D eigenvalue weighted by Crippen LogP contribution is 2.41. The molecule has 1 aliphatic heterocycles. The maximum absolute atomic E-state index is 14.1. The molecule has 1 aliphatic rings. The largest absolute Gasteiger partial charge is 0.478 e. The van der Waals surface area contributed by atoms with E-state index in [1.165, 1.54) is 34.7 Å². The maximum atomic E-state index is 14.1. The zero-order valence-corrected chi connectivity index (χ0v) is 29.0. The summed E-state index contributed by atoms with van der Waals surface area (Å²) in [5, 5.41) is 26.9. The standard InChI is InChI=1S/C41H32N4O4S2/c42-23-34-31-20-21-45(24-26-10-3-1-4-11-26)25-35(31)51-40(34)44-39(47)37(28-12-5-2-6-13-28)50-30-17-9-16-29(22-30)43-38(46)32-18-7-14-27-15-8-19-33(36(27)32)41(48)49/h1-19,22,37H,20-21,24-25H2,(H,43,46)(H,44,47)(H,48,49). The molecule has 0 saturated carbocycles. The number of hydrogen-bond acceptors (Lipinski definition) is 7. The Morgan fingerprint density at radius 1 is 0.863 bits per heavy atom. The number of fused-ring (bicyclic) bond motifs is 2. The summed E-state index contributed by atoms with van der Waals surface area (Å²) in [6.45, 7) is 2.36. The number of aromatic carboxylic acids is 1. The average Bonchev–Trinajstić information content (AvgIpc) is 3.50. The fourth-order valence-electron chi connectivity index (χ4n) is 6.41. The van der Waals surface area contributed by atoms with Gasteiger partial charge in [0.2, 0.25) is 5.91 Å². The summed E-state index contributed by atoms with van der Waals surface area (Å²) < 4.78 is 0. The van der Waals surface area contributed by atoms with Crippen molar-refractivity contribution in [2.45, 2.75) is 29.7 Å². The van der Waals surface area contributed by atoms with Crippen molar-refractivity contribution in [2.24, 2.45) is 0 Å². The van der Waals surface area contributed by atoms with E-state index in [4.69, 9.17) is 0 Å². The van der Waals surface area contributed by atoms with Gasteiger partial charge < -0.3 is 15.7 Å². The zero-order valence-electron chi connectivity index (χ0n) is 27.3. The zero-order chi connectivity index (χ0) is 35.3. The van der Waals surface area contributed by atoms with Crippen molar-refractivity contribution in [1.82, 2.24) is 4.90 Å². The highest BCUT2D eigenvalue weighted by Gasteiger charge is 2.28. The fraction of sp³-hybridized carbons (Fsp3) is 0.122. The molecule has 0 saturated heterocycles. The number of rotatable bonds is 10. The molecule has 0 aliphatic carbocycles. The van der Waals surface area contributed by atoms with Crippen LogP contribution in [-0.4, -0.2) is 34.3 Å². The molecule has 1 unspecified atom stereocenters. The lowest BCUT2D eigenvalue weighted by Crippen LogP contribution is -2.29. The van der Waals surface area contributed by atoms with Gasteiger partial charge in [-0.3, -0.25) is 14.5 Å². The van der Waals surface area contributed by atoms with Gasteiger partial charge in [0, 0.05) is 46.0 Å². The molecule has 1 aromatic heterocycles. The van der Waals surface area contributed by atoms with Crippen molar-refractivity contribution in [1.29, 1.82) is 5.26 Å². The number of carbonyl (C=O) groups is 3. The number of hydrogen-bond donors (Lipinski definition) is 3. The number of anilines is 2. The normalized spacial score (nSPS) is 13.2. The third-order valence-corrected chi connectivity index (χ3v) is 11.2. The van der Waals surface area contributed by atoms with Crippen molar-refractivity contribution >= 4 is 62.3 Å². The predicted octanol–water partition coefficient (Wildman–Crippen LogP) is 8.75. The Bertz CT molecular complexity index is 2300. The first-order valence-corrected chi connectivity index (χ1v) is 18.1. The maximum Gasteiger partial charge on any atom is 0.336 e. The highest BCUT2D eigenvalue weighted by atomic mass is 32.2. The van der Waals surface area contributed by atoms with E-state index in [0.717, 1.165) is 40.4 Å². The van der Waals surface area contributed by atoms with E-state index >= 15 is 0 Å². The molecule has 252 valence electrons. The first-order valence-electron chi connectivity index (χ1n) is 16.4. The van der Waals surface area contributed by atoms with Gasteiger partial charge in [-0.05, 0) is 58.8 Å². The van der Waals surface area contributed by atoms with E-state index in [2.05, 4.69) is 33.7 Å². The van der Waals surface area contributed by atoms with Crippen LogP contribution < -0.4 is 10.6 Å². The van der Waals surface area contributed by atoms with Crippen molar-refractivity contribution in [2.75, 3.05) is 17.2 Å². The molecule has 7 rings (SSSR count). The highest BCUT2D eigenvalue weighted by molar-refractivity contribution is 8.00. The first-order chi connectivity index (χ1) is 24.9. The van der Waals surface area contributed by atoms with Crippen molar-refractivity contribution in [3.63, 3.8) is 0 Å². The molecule has 2 heterocycles. The number of nitrogens with zero attached hydrogens (tertiary/aromatic N) is 2. The van der Waals surface area contributed by atoms with E-state index < -0.39 is 17.1 Å². The lowest BCUT2D eigenvalue weighted by molar-refractivity contribution is -0.115. The lowest BCUT2D eigenvalue weighted by atomic mass is 9.98. The number of carboxylic acids is 1. The van der Waals surface area contributed by atoms with Gasteiger partial charge in [0.25, 0.3) is 5.91 Å². The molecule has 2 amide bonds. The summed E-state index contributed by atoms with van der Waals surface area (Å²) >= 11 is 2.81. The molecular weight excluding hydrogens is 677 g/mol.